The number of methoxy groups -OCH3 is 1. The van der Waals surface area contributed by atoms with E-state index in [0.717, 1.165) is 17.7 Å². The van der Waals surface area contributed by atoms with Gasteiger partial charge in [0.1, 0.15) is 0 Å². The summed E-state index contributed by atoms with van der Waals surface area (Å²) in [6.45, 7) is 3.86. The van der Waals surface area contributed by atoms with Gasteiger partial charge in [-0.05, 0) is 50.2 Å². The Hall–Kier alpha value is -0.910. The van der Waals surface area contributed by atoms with E-state index in [9.17, 15) is 9.90 Å². The van der Waals surface area contributed by atoms with E-state index in [4.69, 9.17) is 4.74 Å². The standard InChI is InChI=1S/C18H27NO3S/c1-13-12-19(9-7-18(13,21)8-10-22-2)17(20)16-11-14-5-3-4-6-15(14)23-16/h11,13,21H,3-10,12H2,1-2H3/t13-,18-/m1/s1. The van der Waals surface area contributed by atoms with Gasteiger partial charge in [-0.3, -0.25) is 4.79 Å². The first-order valence-electron chi connectivity index (χ1n) is 8.65. The molecule has 0 aromatic carbocycles. The second-order valence-corrected chi connectivity index (χ2v) is 8.15. The average Bonchev–Trinajstić information content (AvgIpc) is 2.99. The van der Waals surface area contributed by atoms with Crippen molar-refractivity contribution in [3.8, 4) is 0 Å². The van der Waals surface area contributed by atoms with Gasteiger partial charge in [0.15, 0.2) is 0 Å². The molecular formula is C18H27NO3S. The van der Waals surface area contributed by atoms with Gasteiger partial charge in [0, 0.05) is 37.6 Å². The Kier molecular flexibility index (Phi) is 5.09. The van der Waals surface area contributed by atoms with Gasteiger partial charge in [0.05, 0.1) is 10.5 Å². The topological polar surface area (TPSA) is 49.8 Å². The third-order valence-electron chi connectivity index (χ3n) is 5.46. The average molecular weight is 337 g/mol. The van der Waals surface area contributed by atoms with Crippen molar-refractivity contribution in [2.45, 2.75) is 51.0 Å². The lowest BCUT2D eigenvalue weighted by Gasteiger charge is -2.43. The minimum atomic E-state index is -0.707. The van der Waals surface area contributed by atoms with Crippen molar-refractivity contribution >= 4 is 17.2 Å². The lowest BCUT2D eigenvalue weighted by Crippen LogP contribution is -2.52. The van der Waals surface area contributed by atoms with E-state index in [1.165, 1.54) is 23.3 Å². The fourth-order valence-corrected chi connectivity index (χ4v) is 4.97. The molecule has 1 fully saturated rings. The highest BCUT2D eigenvalue weighted by Gasteiger charge is 2.40. The van der Waals surface area contributed by atoms with Crippen LogP contribution >= 0.6 is 11.3 Å². The summed E-state index contributed by atoms with van der Waals surface area (Å²) in [6.07, 6.45) is 6.00. The highest BCUT2D eigenvalue weighted by atomic mass is 32.1. The van der Waals surface area contributed by atoms with Gasteiger partial charge in [-0.15, -0.1) is 11.3 Å². The Bertz CT molecular complexity index is 547. The van der Waals surface area contributed by atoms with Crippen molar-refractivity contribution in [1.29, 1.82) is 0 Å². The van der Waals surface area contributed by atoms with Gasteiger partial charge >= 0.3 is 0 Å². The predicted octanol–water partition coefficient (Wildman–Crippen LogP) is 2.88. The van der Waals surface area contributed by atoms with E-state index in [1.54, 1.807) is 18.4 Å². The fourth-order valence-electron chi connectivity index (χ4n) is 3.75. The number of piperidine rings is 1. The first-order valence-corrected chi connectivity index (χ1v) is 9.47. The SMILES string of the molecule is COCC[C@]1(O)CCN(C(=O)c2cc3c(s2)CCCC3)C[C@H]1C. The number of ether oxygens (including phenoxy) is 1. The molecule has 2 heterocycles. The second kappa shape index (κ2) is 6.91. The number of aryl methyl sites for hydroxylation is 2. The molecule has 4 nitrogen and oxygen atoms in total. The molecule has 1 aliphatic heterocycles. The number of rotatable bonds is 4. The number of nitrogens with zero attached hydrogens (tertiary/aromatic N) is 1. The van der Waals surface area contributed by atoms with Crippen LogP contribution in [0.3, 0.4) is 0 Å². The zero-order valence-corrected chi connectivity index (χ0v) is 15.0. The van der Waals surface area contributed by atoms with Crippen molar-refractivity contribution in [2.75, 3.05) is 26.8 Å². The normalized spacial score (nSPS) is 27.8. The Balaban J connectivity index is 1.66. The van der Waals surface area contributed by atoms with Crippen LogP contribution in [0.1, 0.15) is 52.7 Å². The van der Waals surface area contributed by atoms with Crippen LogP contribution < -0.4 is 0 Å². The van der Waals surface area contributed by atoms with E-state index in [0.29, 0.717) is 32.5 Å². The molecule has 0 radical (unpaired) electrons. The maximum atomic E-state index is 12.8. The molecule has 1 N–H and O–H groups in total. The Morgan fingerprint density at radius 2 is 2.26 bits per heavy atom. The largest absolute Gasteiger partial charge is 0.389 e. The summed E-state index contributed by atoms with van der Waals surface area (Å²) in [6, 6.07) is 2.11. The number of thiophene rings is 1. The summed E-state index contributed by atoms with van der Waals surface area (Å²) < 4.78 is 5.11. The lowest BCUT2D eigenvalue weighted by molar-refractivity contribution is -0.0749. The smallest absolute Gasteiger partial charge is 0.263 e. The maximum absolute atomic E-state index is 12.8. The zero-order chi connectivity index (χ0) is 16.4. The number of carbonyl (C=O) groups excluding carboxylic acids is 1. The molecule has 1 saturated heterocycles. The molecule has 2 atom stereocenters. The Morgan fingerprint density at radius 3 is 2.96 bits per heavy atom. The van der Waals surface area contributed by atoms with E-state index in [-0.39, 0.29) is 11.8 Å². The molecule has 128 valence electrons. The van der Waals surface area contributed by atoms with Crippen molar-refractivity contribution < 1.29 is 14.6 Å². The second-order valence-electron chi connectivity index (χ2n) is 7.01. The van der Waals surface area contributed by atoms with Gasteiger partial charge in [0.25, 0.3) is 5.91 Å². The number of hydrogen-bond donors (Lipinski definition) is 1. The summed E-state index contributed by atoms with van der Waals surface area (Å²) in [7, 11) is 1.66. The molecule has 1 amide bonds. The number of fused-ring (bicyclic) bond motifs is 1. The van der Waals surface area contributed by atoms with Crippen LogP contribution in [0.4, 0.5) is 0 Å². The minimum absolute atomic E-state index is 0.0740. The maximum Gasteiger partial charge on any atom is 0.263 e. The molecule has 0 unspecified atom stereocenters. The quantitative estimate of drug-likeness (QED) is 0.919. The van der Waals surface area contributed by atoms with Crippen molar-refractivity contribution in [3.63, 3.8) is 0 Å². The first-order chi connectivity index (χ1) is 11.0. The number of aliphatic hydroxyl groups is 1. The molecule has 3 rings (SSSR count). The summed E-state index contributed by atoms with van der Waals surface area (Å²) in [5.41, 5.74) is 0.674. The van der Waals surface area contributed by atoms with Crippen LogP contribution in [0.2, 0.25) is 0 Å². The van der Waals surface area contributed by atoms with Crippen molar-refractivity contribution in [2.24, 2.45) is 5.92 Å². The Labute approximate surface area is 142 Å². The van der Waals surface area contributed by atoms with Gasteiger partial charge in [-0.1, -0.05) is 6.92 Å². The van der Waals surface area contributed by atoms with Crippen LogP contribution in [0.15, 0.2) is 6.07 Å². The first kappa shape index (κ1) is 16.9. The molecule has 1 aliphatic carbocycles. The molecule has 1 aromatic rings. The molecule has 0 bridgehead atoms. The minimum Gasteiger partial charge on any atom is -0.389 e. The number of carbonyl (C=O) groups is 1. The fraction of sp³-hybridized carbons (Fsp3) is 0.722. The summed E-state index contributed by atoms with van der Waals surface area (Å²) >= 11 is 1.68. The highest BCUT2D eigenvalue weighted by molar-refractivity contribution is 7.14. The van der Waals surface area contributed by atoms with E-state index >= 15 is 0 Å². The third-order valence-corrected chi connectivity index (χ3v) is 6.68. The molecule has 23 heavy (non-hydrogen) atoms. The van der Waals surface area contributed by atoms with E-state index < -0.39 is 5.60 Å². The van der Waals surface area contributed by atoms with Crippen LogP contribution in [-0.2, 0) is 17.6 Å². The van der Waals surface area contributed by atoms with E-state index in [2.05, 4.69) is 6.07 Å². The zero-order valence-electron chi connectivity index (χ0n) is 14.1. The summed E-state index contributed by atoms with van der Waals surface area (Å²) in [5, 5.41) is 10.8. The molecule has 1 aromatic heterocycles. The highest BCUT2D eigenvalue weighted by Crippen LogP contribution is 2.34. The van der Waals surface area contributed by atoms with Crippen molar-refractivity contribution in [3.05, 3.63) is 21.4 Å². The summed E-state index contributed by atoms with van der Waals surface area (Å²) in [4.78, 5) is 17.0. The number of amides is 1. The third kappa shape index (κ3) is 3.47. The van der Waals surface area contributed by atoms with Gasteiger partial charge in [-0.2, -0.15) is 0 Å². The predicted molar refractivity (Wildman–Crippen MR) is 92.1 cm³/mol. The van der Waals surface area contributed by atoms with Gasteiger partial charge < -0.3 is 14.7 Å². The van der Waals surface area contributed by atoms with Crippen LogP contribution in [-0.4, -0.2) is 48.3 Å². The molecule has 2 aliphatic rings. The van der Waals surface area contributed by atoms with Crippen LogP contribution in [0.25, 0.3) is 0 Å². The van der Waals surface area contributed by atoms with Gasteiger partial charge in [0.2, 0.25) is 0 Å². The molecule has 5 heteroatoms. The number of hydrogen-bond acceptors (Lipinski definition) is 4. The van der Waals surface area contributed by atoms with Crippen LogP contribution in [0, 0.1) is 5.92 Å². The van der Waals surface area contributed by atoms with Crippen molar-refractivity contribution in [1.82, 2.24) is 4.90 Å². The Morgan fingerprint density at radius 1 is 1.48 bits per heavy atom. The van der Waals surface area contributed by atoms with Gasteiger partial charge in [-0.25, -0.2) is 0 Å². The van der Waals surface area contributed by atoms with Crippen LogP contribution in [0.5, 0.6) is 0 Å². The lowest BCUT2D eigenvalue weighted by atomic mass is 9.80. The molecular weight excluding hydrogens is 310 g/mol. The monoisotopic (exact) mass is 337 g/mol. The molecule has 0 spiro atoms. The summed E-state index contributed by atoms with van der Waals surface area (Å²) in [5.74, 6) is 0.218. The number of likely N-dealkylation sites (tertiary alicyclic amines) is 1. The van der Waals surface area contributed by atoms with E-state index in [1.807, 2.05) is 11.8 Å². The molecule has 0 saturated carbocycles.